The Hall–Kier alpha value is -1.78. The van der Waals surface area contributed by atoms with Crippen molar-refractivity contribution in [2.75, 3.05) is 7.11 Å². The highest BCUT2D eigenvalue weighted by Crippen LogP contribution is 2.36. The first-order valence-electron chi connectivity index (χ1n) is 4.53. The Morgan fingerprint density at radius 2 is 1.94 bits per heavy atom. The molecule has 16 heavy (non-hydrogen) atoms. The zero-order chi connectivity index (χ0) is 11.8. The van der Waals surface area contributed by atoms with E-state index in [1.807, 2.05) is 0 Å². The van der Waals surface area contributed by atoms with Crippen LogP contribution in [0.3, 0.4) is 0 Å². The molecular formula is C11H8F3NO. The van der Waals surface area contributed by atoms with Gasteiger partial charge in [-0.15, -0.1) is 0 Å². The zero-order valence-corrected chi connectivity index (χ0v) is 8.38. The van der Waals surface area contributed by atoms with Crippen molar-refractivity contribution in [3.8, 4) is 5.75 Å². The summed E-state index contributed by atoms with van der Waals surface area (Å²) < 4.78 is 43.0. The smallest absolute Gasteiger partial charge is 0.417 e. The number of pyridine rings is 1. The maximum atomic E-state index is 12.7. The minimum Gasteiger partial charge on any atom is -0.494 e. The van der Waals surface area contributed by atoms with E-state index < -0.39 is 11.7 Å². The summed E-state index contributed by atoms with van der Waals surface area (Å²) in [6.45, 7) is 0. The molecule has 0 aliphatic carbocycles. The van der Waals surface area contributed by atoms with Gasteiger partial charge in [0, 0.05) is 11.6 Å². The summed E-state index contributed by atoms with van der Waals surface area (Å²) in [5.41, 5.74) is -0.476. The van der Waals surface area contributed by atoms with Crippen LogP contribution >= 0.6 is 0 Å². The van der Waals surface area contributed by atoms with Crippen LogP contribution in [-0.4, -0.2) is 12.1 Å². The van der Waals surface area contributed by atoms with E-state index in [0.717, 1.165) is 12.3 Å². The Bertz CT molecular complexity index is 522. The van der Waals surface area contributed by atoms with Crippen LogP contribution in [0.1, 0.15) is 5.56 Å². The lowest BCUT2D eigenvalue weighted by Crippen LogP contribution is -2.06. The average molecular weight is 227 g/mol. The summed E-state index contributed by atoms with van der Waals surface area (Å²) in [7, 11) is 1.40. The molecule has 0 aliphatic rings. The number of alkyl halides is 3. The molecule has 84 valence electrons. The van der Waals surface area contributed by atoms with Gasteiger partial charge in [0.25, 0.3) is 0 Å². The predicted octanol–water partition coefficient (Wildman–Crippen LogP) is 3.26. The first-order chi connectivity index (χ1) is 7.54. The van der Waals surface area contributed by atoms with E-state index in [1.165, 1.54) is 19.2 Å². The summed E-state index contributed by atoms with van der Waals surface area (Å²) in [6.07, 6.45) is -3.25. The van der Waals surface area contributed by atoms with Crippen molar-refractivity contribution in [3.05, 3.63) is 36.0 Å². The van der Waals surface area contributed by atoms with Gasteiger partial charge in [0.1, 0.15) is 11.3 Å². The standard InChI is InChI=1S/C11H8F3NO/c1-16-9-4-2-3-7-8(11(12,13)14)5-6-15-10(7)9/h2-6H,1H3. The fourth-order valence-electron chi connectivity index (χ4n) is 1.56. The van der Waals surface area contributed by atoms with Crippen LogP contribution in [0.15, 0.2) is 30.5 Å². The molecule has 0 fully saturated rings. The molecule has 0 N–H and O–H groups in total. The predicted molar refractivity (Wildman–Crippen MR) is 53.3 cm³/mol. The molecule has 0 radical (unpaired) electrons. The molecule has 1 aromatic heterocycles. The molecule has 0 saturated heterocycles. The van der Waals surface area contributed by atoms with Crippen LogP contribution in [0.4, 0.5) is 13.2 Å². The van der Waals surface area contributed by atoms with Crippen LogP contribution in [-0.2, 0) is 6.18 Å². The molecule has 2 rings (SSSR count). The minimum absolute atomic E-state index is 0.0503. The summed E-state index contributed by atoms with van der Waals surface area (Å²) in [6, 6.07) is 5.43. The maximum absolute atomic E-state index is 12.7. The van der Waals surface area contributed by atoms with E-state index in [-0.39, 0.29) is 10.9 Å². The summed E-state index contributed by atoms with van der Waals surface area (Å²) in [5, 5.41) is 0.0503. The lowest BCUT2D eigenvalue weighted by molar-refractivity contribution is -0.136. The van der Waals surface area contributed by atoms with Gasteiger partial charge in [-0.2, -0.15) is 13.2 Å². The van der Waals surface area contributed by atoms with Crippen molar-refractivity contribution in [1.82, 2.24) is 4.98 Å². The Kier molecular flexibility index (Phi) is 2.46. The van der Waals surface area contributed by atoms with Gasteiger partial charge in [-0.1, -0.05) is 12.1 Å². The number of rotatable bonds is 1. The number of nitrogens with zero attached hydrogens (tertiary/aromatic N) is 1. The minimum atomic E-state index is -4.38. The summed E-state index contributed by atoms with van der Waals surface area (Å²) in [4.78, 5) is 3.90. The number of hydrogen-bond donors (Lipinski definition) is 0. The van der Waals surface area contributed by atoms with E-state index >= 15 is 0 Å². The topological polar surface area (TPSA) is 22.1 Å². The third kappa shape index (κ3) is 1.68. The molecule has 0 bridgehead atoms. The highest BCUT2D eigenvalue weighted by Gasteiger charge is 2.32. The van der Waals surface area contributed by atoms with Gasteiger partial charge in [0.15, 0.2) is 0 Å². The molecule has 5 heteroatoms. The summed E-state index contributed by atoms with van der Waals surface area (Å²) in [5.74, 6) is 0.337. The van der Waals surface area contributed by atoms with Gasteiger partial charge in [-0.25, -0.2) is 0 Å². The van der Waals surface area contributed by atoms with Crippen LogP contribution in [0.25, 0.3) is 10.9 Å². The molecule has 0 aliphatic heterocycles. The monoisotopic (exact) mass is 227 g/mol. The molecular weight excluding hydrogens is 219 g/mol. The first kappa shape index (κ1) is 10.7. The summed E-state index contributed by atoms with van der Waals surface area (Å²) >= 11 is 0. The van der Waals surface area contributed by atoms with Crippen molar-refractivity contribution < 1.29 is 17.9 Å². The second kappa shape index (κ2) is 3.66. The van der Waals surface area contributed by atoms with Crippen molar-refractivity contribution in [2.45, 2.75) is 6.18 Å². The van der Waals surface area contributed by atoms with E-state index in [0.29, 0.717) is 5.75 Å². The van der Waals surface area contributed by atoms with Crippen molar-refractivity contribution >= 4 is 10.9 Å². The van der Waals surface area contributed by atoms with Crippen molar-refractivity contribution in [2.24, 2.45) is 0 Å². The van der Waals surface area contributed by atoms with Crippen LogP contribution in [0.2, 0.25) is 0 Å². The molecule has 2 nitrogen and oxygen atoms in total. The van der Waals surface area contributed by atoms with Gasteiger partial charge < -0.3 is 4.74 Å². The van der Waals surface area contributed by atoms with E-state index in [1.54, 1.807) is 6.07 Å². The fraction of sp³-hybridized carbons (Fsp3) is 0.182. The third-order valence-electron chi connectivity index (χ3n) is 2.26. The number of hydrogen-bond acceptors (Lipinski definition) is 2. The van der Waals surface area contributed by atoms with Crippen molar-refractivity contribution in [1.29, 1.82) is 0 Å². The number of halogens is 3. The zero-order valence-electron chi connectivity index (χ0n) is 8.38. The van der Waals surface area contributed by atoms with Gasteiger partial charge in [-0.3, -0.25) is 4.98 Å². The highest BCUT2D eigenvalue weighted by atomic mass is 19.4. The van der Waals surface area contributed by atoms with Crippen LogP contribution in [0, 0.1) is 0 Å². The molecule has 1 aromatic carbocycles. The maximum Gasteiger partial charge on any atom is 0.417 e. The molecule has 0 unspecified atom stereocenters. The number of ether oxygens (including phenoxy) is 1. The lowest BCUT2D eigenvalue weighted by atomic mass is 10.1. The molecule has 0 spiro atoms. The van der Waals surface area contributed by atoms with E-state index in [2.05, 4.69) is 4.98 Å². The Balaban J connectivity index is 2.79. The average Bonchev–Trinajstić information content (AvgIpc) is 2.26. The molecule has 1 heterocycles. The van der Waals surface area contributed by atoms with E-state index in [9.17, 15) is 13.2 Å². The number of fused-ring (bicyclic) bond motifs is 1. The quantitative estimate of drug-likeness (QED) is 0.745. The van der Waals surface area contributed by atoms with Crippen molar-refractivity contribution in [3.63, 3.8) is 0 Å². The first-order valence-corrected chi connectivity index (χ1v) is 4.53. The van der Waals surface area contributed by atoms with Gasteiger partial charge in [0.05, 0.1) is 12.7 Å². The fourth-order valence-corrected chi connectivity index (χ4v) is 1.56. The second-order valence-corrected chi connectivity index (χ2v) is 3.21. The molecule has 0 saturated carbocycles. The van der Waals surface area contributed by atoms with Gasteiger partial charge >= 0.3 is 6.18 Å². The van der Waals surface area contributed by atoms with Gasteiger partial charge in [-0.05, 0) is 12.1 Å². The second-order valence-electron chi connectivity index (χ2n) is 3.21. The Morgan fingerprint density at radius 1 is 1.19 bits per heavy atom. The third-order valence-corrected chi connectivity index (χ3v) is 2.26. The number of aromatic nitrogens is 1. The highest BCUT2D eigenvalue weighted by molar-refractivity contribution is 5.87. The number of methoxy groups -OCH3 is 1. The normalized spacial score (nSPS) is 11.8. The Morgan fingerprint density at radius 3 is 2.56 bits per heavy atom. The number of para-hydroxylation sites is 1. The number of benzene rings is 1. The SMILES string of the molecule is COc1cccc2c(C(F)(F)F)ccnc12. The molecule has 2 aromatic rings. The van der Waals surface area contributed by atoms with E-state index in [4.69, 9.17) is 4.74 Å². The van der Waals surface area contributed by atoms with Crippen LogP contribution < -0.4 is 4.74 Å². The molecule has 0 atom stereocenters. The molecule has 0 amide bonds. The largest absolute Gasteiger partial charge is 0.494 e. The van der Waals surface area contributed by atoms with Gasteiger partial charge in [0.2, 0.25) is 0 Å². The Labute approximate surface area is 89.7 Å². The lowest BCUT2D eigenvalue weighted by Gasteiger charge is -2.11. The van der Waals surface area contributed by atoms with Crippen LogP contribution in [0.5, 0.6) is 5.75 Å².